The second-order valence-electron chi connectivity index (χ2n) is 43.9. The second kappa shape index (κ2) is 30.5. The van der Waals surface area contributed by atoms with Crippen LogP contribution in [0.3, 0.4) is 0 Å². The van der Waals surface area contributed by atoms with Gasteiger partial charge in [0.05, 0.1) is 0 Å². The molecule has 0 aliphatic heterocycles. The van der Waals surface area contributed by atoms with Crippen LogP contribution in [0.15, 0.2) is 79.0 Å². The van der Waals surface area contributed by atoms with Gasteiger partial charge in [0.1, 0.15) is 0 Å². The molecule has 16 bridgehead atoms. The van der Waals surface area contributed by atoms with Crippen LogP contribution in [-0.2, 0) is 0 Å². The van der Waals surface area contributed by atoms with Crippen molar-refractivity contribution in [3.05, 3.63) is 384 Å². The highest BCUT2D eigenvalue weighted by atomic mass is 14.4. The van der Waals surface area contributed by atoms with Gasteiger partial charge in [-0.05, 0) is 757 Å². The van der Waals surface area contributed by atoms with Gasteiger partial charge in [-0.3, -0.25) is 0 Å². The Morgan fingerprint density at radius 2 is 0.326 bits per heavy atom. The third-order valence-electron chi connectivity index (χ3n) is 38.5. The van der Waals surface area contributed by atoms with Crippen molar-refractivity contribution < 1.29 is 0 Å². The quantitative estimate of drug-likeness (QED) is 0.142. The lowest BCUT2D eigenvalue weighted by Crippen LogP contribution is -2.32. The van der Waals surface area contributed by atoms with Crippen molar-refractivity contribution in [1.29, 1.82) is 0 Å². The summed E-state index contributed by atoms with van der Waals surface area (Å²) in [6.07, 6.45) is 34.9. The SMILES string of the molecule is Cc1c(C)c(C)c2c(c1C)C1=CC2=CC2=c3c(C)c(C)c(C)c(C)c3=C(C=C3C=C(C=C4CC(=C1)c1c(C)c(C)c(C)c(C)c14)c1c(C)c(C)c(C)c(C)c13)C2.Cc1c(C)c(C)c2c3c(cc(C)c2c1C)C1=CC3=CC2=c3c(C)c(C)c4c(C)c(C)c(C)c(C)c4c3=C(C=C3C=C(C=C4CC(=C1)c1c4c(C)c(C)c4c(C)c(C)c(C)c(C)c14)c1c3c(C)c(C)c3c(C)c(C)c(C)c(C)c13)C2. The molecule has 10 aliphatic rings. The van der Waals surface area contributed by atoms with Crippen molar-refractivity contribution in [2.24, 2.45) is 0 Å². The number of allylic oxidation sites excluding steroid dienone is 24. The van der Waals surface area contributed by atoms with E-state index in [2.05, 4.69) is 349 Å². The summed E-state index contributed by atoms with van der Waals surface area (Å²) in [5, 5.41) is 17.3. The smallest absolute Gasteiger partial charge is 0.00127 e. The zero-order valence-electron chi connectivity index (χ0n) is 88.8. The van der Waals surface area contributed by atoms with E-state index in [9.17, 15) is 0 Å². The van der Waals surface area contributed by atoms with Gasteiger partial charge in [-0.25, -0.2) is 0 Å². The Morgan fingerprint density at radius 1 is 0.126 bits per heavy atom. The van der Waals surface area contributed by atoms with Gasteiger partial charge in [-0.15, -0.1) is 0 Å². The lowest BCUT2D eigenvalue weighted by molar-refractivity contribution is 1.17. The number of aryl methyl sites for hydroxylation is 12. The molecular weight excluding hydrogens is 1620 g/mol. The van der Waals surface area contributed by atoms with Gasteiger partial charge in [-0.1, -0.05) is 54.7 Å². The van der Waals surface area contributed by atoms with Crippen molar-refractivity contribution in [3.8, 4) is 0 Å². The standard InChI is InChI=1S/C79H80.C56H58/c1-33-24-64-56-25-60(76(64)72-46(14)38(6)34(2)42(10)65(33)72)27-57-29-62(78-69(57)53(21)50(18)67-44(12)36(4)40(8)48(16)74(67)78)31-59-32-63(79-71(59)55(23)52(20)68-45(13)37(5)41(9)49(17)75(68)79)30-58-28-61(26-56)77-70(58)54(22)51(19)66-43(11)35(3)39(7)47(15)73(66)77;1-25-26(2)34(10)50-42-17-41(49(50)33(25)9)21-43-18-45(53-37(13)28(4)27(3)35(11)51(43)53)23-47-20-48(56-40(16)32(8)31(7)39(15)55(47)56)24-46-19-44(22-42)52-36(12)29(5)30(6)38(14)54(46)52/h24-27,30-32H,28-29H2,1-23H3;17,20-24H,18-19H2,1-16H3. The van der Waals surface area contributed by atoms with Crippen LogP contribution >= 0.6 is 0 Å². The predicted octanol–water partition coefficient (Wildman–Crippen LogP) is 33.1. The zero-order valence-corrected chi connectivity index (χ0v) is 88.8. The van der Waals surface area contributed by atoms with E-state index < -0.39 is 0 Å². The lowest BCUT2D eigenvalue weighted by Gasteiger charge is -2.23. The molecule has 0 saturated carbocycles. The van der Waals surface area contributed by atoms with Gasteiger partial charge in [0, 0.05) is 0 Å². The minimum Gasteiger partial charge on any atom is -0.0502 e. The number of fused-ring (bicyclic) bond motifs is 40. The molecule has 0 saturated heterocycles. The number of benzene rings is 12. The van der Waals surface area contributed by atoms with E-state index in [4.69, 9.17) is 0 Å². The van der Waals surface area contributed by atoms with E-state index in [1.165, 1.54) is 437 Å². The van der Waals surface area contributed by atoms with Crippen LogP contribution in [0.1, 0.15) is 309 Å². The highest BCUT2D eigenvalue weighted by Crippen LogP contribution is 2.59. The maximum absolute atomic E-state index is 2.68. The Balaban J connectivity index is 0.000000172. The van der Waals surface area contributed by atoms with E-state index in [0.717, 1.165) is 25.7 Å². The molecule has 0 heteroatoms. The molecule has 22 rings (SSSR count). The van der Waals surface area contributed by atoms with Crippen molar-refractivity contribution in [2.75, 3.05) is 0 Å². The Labute approximate surface area is 805 Å². The van der Waals surface area contributed by atoms with Crippen LogP contribution in [0.4, 0.5) is 0 Å². The van der Waals surface area contributed by atoms with Crippen molar-refractivity contribution in [1.82, 2.24) is 0 Å². The summed E-state index contributed by atoms with van der Waals surface area (Å²) in [7, 11) is 0. The summed E-state index contributed by atoms with van der Waals surface area (Å²) in [5.74, 6) is 0. The Hall–Kier alpha value is -12.0. The predicted molar refractivity (Wildman–Crippen MR) is 593 cm³/mol. The molecule has 0 heterocycles. The van der Waals surface area contributed by atoms with Crippen LogP contribution in [0.5, 0.6) is 0 Å². The third-order valence-corrected chi connectivity index (χ3v) is 38.5. The van der Waals surface area contributed by atoms with Gasteiger partial charge >= 0.3 is 0 Å². The number of hydrogen-bond donors (Lipinski definition) is 0. The third kappa shape index (κ3) is 11.9. The molecule has 0 unspecified atom stereocenters. The average Bonchev–Trinajstić information content (AvgIpc) is 1.57. The summed E-state index contributed by atoms with van der Waals surface area (Å²) < 4.78 is 0. The van der Waals surface area contributed by atoms with Gasteiger partial charge < -0.3 is 0 Å². The molecule has 10 aliphatic carbocycles. The summed E-state index contributed by atoms with van der Waals surface area (Å²) >= 11 is 0. The fourth-order valence-corrected chi connectivity index (χ4v) is 28.1. The monoisotopic (exact) mass is 1760 g/mol. The van der Waals surface area contributed by atoms with Crippen molar-refractivity contribution in [3.63, 3.8) is 0 Å². The molecule has 0 aromatic heterocycles. The summed E-state index contributed by atoms with van der Waals surface area (Å²) in [5.41, 5.74) is 94.6. The van der Waals surface area contributed by atoms with Gasteiger partial charge in [0.15, 0.2) is 0 Å². The van der Waals surface area contributed by atoms with Crippen LogP contribution in [0.25, 0.3) is 132 Å². The molecule has 0 spiro atoms. The molecule has 0 N–H and O–H groups in total. The highest BCUT2D eigenvalue weighted by molar-refractivity contribution is 6.21. The maximum atomic E-state index is 2.68. The average molecular weight is 1760 g/mol. The fourth-order valence-electron chi connectivity index (χ4n) is 28.1. The maximum Gasteiger partial charge on any atom is -0.00127 e. The number of hydrogen-bond acceptors (Lipinski definition) is 0. The van der Waals surface area contributed by atoms with Crippen LogP contribution in [0.2, 0.25) is 0 Å². The molecule has 678 valence electrons. The molecule has 0 nitrogen and oxygen atoms in total. The van der Waals surface area contributed by atoms with E-state index >= 15 is 0 Å². The van der Waals surface area contributed by atoms with Gasteiger partial charge in [-0.2, -0.15) is 0 Å². The lowest BCUT2D eigenvalue weighted by atomic mass is 9.81. The minimum atomic E-state index is 0.863. The summed E-state index contributed by atoms with van der Waals surface area (Å²) in [4.78, 5) is 0. The molecule has 0 atom stereocenters. The Bertz CT molecular complexity index is 8510. The van der Waals surface area contributed by atoms with Crippen LogP contribution in [0, 0.1) is 270 Å². The van der Waals surface area contributed by atoms with Crippen LogP contribution < -0.4 is 20.9 Å². The summed E-state index contributed by atoms with van der Waals surface area (Å²) in [6.45, 7) is 92.3. The first kappa shape index (κ1) is 89.6. The first-order chi connectivity index (χ1) is 63.7. The largest absolute Gasteiger partial charge is 0.0502 e. The van der Waals surface area contributed by atoms with Crippen molar-refractivity contribution >= 4 is 132 Å². The van der Waals surface area contributed by atoms with E-state index in [0.29, 0.717) is 0 Å². The number of rotatable bonds is 0. The van der Waals surface area contributed by atoms with Crippen LogP contribution in [-0.4, -0.2) is 0 Å². The molecule has 0 fully saturated rings. The summed E-state index contributed by atoms with van der Waals surface area (Å²) in [6, 6.07) is 2.56. The molecule has 12 aromatic rings. The first-order valence-electron chi connectivity index (χ1n) is 50.3. The Morgan fingerprint density at radius 3 is 0.704 bits per heavy atom. The highest BCUT2D eigenvalue weighted by Gasteiger charge is 2.39. The van der Waals surface area contributed by atoms with E-state index in [1.807, 2.05) is 0 Å². The Kier molecular flexibility index (Phi) is 20.2. The minimum absolute atomic E-state index is 0.863. The molecule has 12 aromatic carbocycles. The second-order valence-corrected chi connectivity index (χ2v) is 43.9. The normalized spacial score (nSPS) is 15.7. The molecule has 0 amide bonds. The zero-order chi connectivity index (χ0) is 96.6. The topological polar surface area (TPSA) is 0 Å². The molecule has 135 heavy (non-hydrogen) atoms. The van der Waals surface area contributed by atoms with E-state index in [1.54, 1.807) is 0 Å². The molecular formula is C135H138. The van der Waals surface area contributed by atoms with Crippen molar-refractivity contribution in [2.45, 2.75) is 296 Å². The van der Waals surface area contributed by atoms with Gasteiger partial charge in [0.2, 0.25) is 0 Å². The molecule has 0 radical (unpaired) electrons. The van der Waals surface area contributed by atoms with E-state index in [-0.39, 0.29) is 0 Å². The fraction of sp³-hybridized carbons (Fsp3) is 0.319. The van der Waals surface area contributed by atoms with Gasteiger partial charge in [0.25, 0.3) is 0 Å². The first-order valence-corrected chi connectivity index (χ1v) is 50.3.